The molecule has 3 N–H and O–H groups in total. The average Bonchev–Trinajstić information content (AvgIpc) is 2.59. The van der Waals surface area contributed by atoms with Gasteiger partial charge < -0.3 is 20.5 Å². The normalized spacial score (nSPS) is 11.5. The molecule has 2 aromatic rings. The first-order valence-corrected chi connectivity index (χ1v) is 7.52. The lowest BCUT2D eigenvalue weighted by Crippen LogP contribution is -2.48. The van der Waals surface area contributed by atoms with Crippen molar-refractivity contribution in [2.24, 2.45) is 0 Å². The Morgan fingerprint density at radius 3 is 2.58 bits per heavy atom. The van der Waals surface area contributed by atoms with Crippen LogP contribution in [0.25, 0.3) is 0 Å². The molecule has 1 atom stereocenters. The highest BCUT2D eigenvalue weighted by atomic mass is 16.5. The molecule has 0 bridgehead atoms. The van der Waals surface area contributed by atoms with Gasteiger partial charge in [-0.2, -0.15) is 0 Å². The summed E-state index contributed by atoms with van der Waals surface area (Å²) in [5, 5.41) is 14.1. The van der Waals surface area contributed by atoms with E-state index in [-0.39, 0.29) is 5.56 Å². The van der Waals surface area contributed by atoms with E-state index in [0.29, 0.717) is 11.5 Å². The monoisotopic (exact) mass is 328 g/mol. The molecule has 0 radical (unpaired) electrons. The molecule has 0 saturated carbocycles. The van der Waals surface area contributed by atoms with Crippen LogP contribution in [0.1, 0.15) is 15.9 Å². The van der Waals surface area contributed by atoms with Gasteiger partial charge in [0.05, 0.1) is 12.2 Å². The molecule has 0 heterocycles. The van der Waals surface area contributed by atoms with E-state index in [1.54, 1.807) is 30.3 Å². The standard InChI is InChI=1S/C18H20N2O4/c1-12-6-5-7-13(10-12)24-16-9-4-3-8-14(16)17(22)20-15(11-21)18(23)19-2/h3-10,15,21H,11H2,1-2H3,(H,19,23)(H,20,22)/t15-/m0/s1. The Kier molecular flexibility index (Phi) is 5.92. The van der Waals surface area contributed by atoms with Gasteiger partial charge in [-0.1, -0.05) is 24.3 Å². The highest BCUT2D eigenvalue weighted by Gasteiger charge is 2.21. The van der Waals surface area contributed by atoms with Crippen molar-refractivity contribution in [3.63, 3.8) is 0 Å². The molecular weight excluding hydrogens is 308 g/mol. The van der Waals surface area contributed by atoms with Gasteiger partial charge in [0.2, 0.25) is 5.91 Å². The van der Waals surface area contributed by atoms with Crippen molar-refractivity contribution in [1.82, 2.24) is 10.6 Å². The number of aliphatic hydroxyl groups is 1. The molecule has 2 amide bonds. The molecule has 2 rings (SSSR count). The van der Waals surface area contributed by atoms with Crippen molar-refractivity contribution in [2.75, 3.05) is 13.7 Å². The van der Waals surface area contributed by atoms with Crippen LogP contribution in [0.2, 0.25) is 0 Å². The highest BCUT2D eigenvalue weighted by Crippen LogP contribution is 2.25. The summed E-state index contributed by atoms with van der Waals surface area (Å²) in [6.07, 6.45) is 0. The van der Waals surface area contributed by atoms with Gasteiger partial charge in [-0.05, 0) is 36.8 Å². The van der Waals surface area contributed by atoms with Gasteiger partial charge in [0.25, 0.3) is 5.91 Å². The maximum atomic E-state index is 12.4. The lowest BCUT2D eigenvalue weighted by molar-refractivity contribution is -0.123. The molecule has 6 nitrogen and oxygen atoms in total. The van der Waals surface area contributed by atoms with Crippen molar-refractivity contribution in [3.8, 4) is 11.5 Å². The summed E-state index contributed by atoms with van der Waals surface area (Å²) < 4.78 is 5.79. The zero-order chi connectivity index (χ0) is 17.5. The van der Waals surface area contributed by atoms with Gasteiger partial charge in [0, 0.05) is 7.05 Å². The van der Waals surface area contributed by atoms with E-state index < -0.39 is 24.5 Å². The molecule has 0 aliphatic carbocycles. The largest absolute Gasteiger partial charge is 0.457 e. The second-order valence-corrected chi connectivity index (χ2v) is 5.24. The van der Waals surface area contributed by atoms with Crippen LogP contribution in [0.15, 0.2) is 48.5 Å². The van der Waals surface area contributed by atoms with Crippen molar-refractivity contribution in [3.05, 3.63) is 59.7 Å². The zero-order valence-electron chi connectivity index (χ0n) is 13.6. The number of aryl methyl sites for hydroxylation is 1. The maximum absolute atomic E-state index is 12.4. The number of nitrogens with one attached hydrogen (secondary N) is 2. The third kappa shape index (κ3) is 4.33. The van der Waals surface area contributed by atoms with Crippen LogP contribution in [0.5, 0.6) is 11.5 Å². The molecule has 0 aliphatic rings. The van der Waals surface area contributed by atoms with E-state index in [4.69, 9.17) is 4.74 Å². The summed E-state index contributed by atoms with van der Waals surface area (Å²) in [5.74, 6) is 0.0123. The van der Waals surface area contributed by atoms with Gasteiger partial charge in [0.15, 0.2) is 0 Å². The van der Waals surface area contributed by atoms with Crippen molar-refractivity contribution in [2.45, 2.75) is 13.0 Å². The number of rotatable bonds is 6. The number of ether oxygens (including phenoxy) is 1. The Bertz CT molecular complexity index is 730. The van der Waals surface area contributed by atoms with Gasteiger partial charge in [0.1, 0.15) is 17.5 Å². The molecular formula is C18H20N2O4. The first kappa shape index (κ1) is 17.5. The fourth-order valence-electron chi connectivity index (χ4n) is 2.15. The van der Waals surface area contributed by atoms with Gasteiger partial charge in [-0.25, -0.2) is 0 Å². The van der Waals surface area contributed by atoms with E-state index in [1.807, 2.05) is 25.1 Å². The minimum Gasteiger partial charge on any atom is -0.457 e. The summed E-state index contributed by atoms with van der Waals surface area (Å²) in [6, 6.07) is 13.2. The Morgan fingerprint density at radius 1 is 1.17 bits per heavy atom. The summed E-state index contributed by atoms with van der Waals surface area (Å²) in [5.41, 5.74) is 1.32. The number of hydrogen-bond donors (Lipinski definition) is 3. The van der Waals surface area contributed by atoms with Crippen LogP contribution < -0.4 is 15.4 Å². The quantitative estimate of drug-likeness (QED) is 0.752. The van der Waals surface area contributed by atoms with Crippen LogP contribution in [-0.4, -0.2) is 36.6 Å². The molecule has 0 spiro atoms. The third-order valence-electron chi connectivity index (χ3n) is 3.40. The van der Waals surface area contributed by atoms with Crippen LogP contribution in [-0.2, 0) is 4.79 Å². The van der Waals surface area contributed by atoms with Gasteiger partial charge in [-0.15, -0.1) is 0 Å². The molecule has 0 fully saturated rings. The van der Waals surface area contributed by atoms with E-state index >= 15 is 0 Å². The number of hydrogen-bond acceptors (Lipinski definition) is 4. The SMILES string of the molecule is CNC(=O)[C@H](CO)NC(=O)c1ccccc1Oc1cccc(C)c1. The van der Waals surface area contributed by atoms with Crippen molar-refractivity contribution in [1.29, 1.82) is 0 Å². The summed E-state index contributed by atoms with van der Waals surface area (Å²) >= 11 is 0. The molecule has 6 heteroatoms. The highest BCUT2D eigenvalue weighted by molar-refractivity contribution is 5.99. The van der Waals surface area contributed by atoms with Gasteiger partial charge in [-0.3, -0.25) is 9.59 Å². The second-order valence-electron chi connectivity index (χ2n) is 5.24. The average molecular weight is 328 g/mol. The molecule has 0 aliphatic heterocycles. The maximum Gasteiger partial charge on any atom is 0.255 e. The predicted octanol–water partition coefficient (Wildman–Crippen LogP) is 1.62. The molecule has 0 aromatic heterocycles. The lowest BCUT2D eigenvalue weighted by Gasteiger charge is -2.16. The fraction of sp³-hybridized carbons (Fsp3) is 0.222. The molecule has 0 saturated heterocycles. The topological polar surface area (TPSA) is 87.7 Å². The summed E-state index contributed by atoms with van der Waals surface area (Å²) in [7, 11) is 1.44. The van der Waals surface area contributed by atoms with E-state index in [1.165, 1.54) is 7.05 Å². The number of para-hydroxylation sites is 1. The zero-order valence-corrected chi connectivity index (χ0v) is 13.6. The minimum atomic E-state index is -1.02. The number of carbonyl (C=O) groups excluding carboxylic acids is 2. The van der Waals surface area contributed by atoms with Crippen LogP contribution >= 0.6 is 0 Å². The summed E-state index contributed by atoms with van der Waals surface area (Å²) in [4.78, 5) is 24.0. The van der Waals surface area contributed by atoms with Gasteiger partial charge >= 0.3 is 0 Å². The van der Waals surface area contributed by atoms with E-state index in [9.17, 15) is 14.7 Å². The number of likely N-dealkylation sites (N-methyl/N-ethyl adjacent to an activating group) is 1. The fourth-order valence-corrected chi connectivity index (χ4v) is 2.15. The Hall–Kier alpha value is -2.86. The van der Waals surface area contributed by atoms with E-state index in [2.05, 4.69) is 10.6 Å². The first-order valence-electron chi connectivity index (χ1n) is 7.52. The van der Waals surface area contributed by atoms with Crippen LogP contribution in [0.4, 0.5) is 0 Å². The smallest absolute Gasteiger partial charge is 0.255 e. The molecule has 126 valence electrons. The van der Waals surface area contributed by atoms with E-state index in [0.717, 1.165) is 5.56 Å². The second kappa shape index (κ2) is 8.12. The molecule has 24 heavy (non-hydrogen) atoms. The Morgan fingerprint density at radius 2 is 1.92 bits per heavy atom. The minimum absolute atomic E-state index is 0.279. The van der Waals surface area contributed by atoms with Crippen molar-refractivity contribution >= 4 is 11.8 Å². The number of amides is 2. The number of carbonyl (C=O) groups is 2. The van der Waals surface area contributed by atoms with Crippen molar-refractivity contribution < 1.29 is 19.4 Å². The van der Waals surface area contributed by atoms with Crippen LogP contribution in [0, 0.1) is 6.92 Å². The number of aliphatic hydroxyl groups excluding tert-OH is 1. The molecule has 0 unspecified atom stereocenters. The third-order valence-corrected chi connectivity index (χ3v) is 3.40. The molecule has 2 aromatic carbocycles. The van der Waals surface area contributed by atoms with Crippen LogP contribution in [0.3, 0.4) is 0 Å². The lowest BCUT2D eigenvalue weighted by atomic mass is 10.1. The Balaban J connectivity index is 2.21. The summed E-state index contributed by atoms with van der Waals surface area (Å²) in [6.45, 7) is 1.45. The predicted molar refractivity (Wildman–Crippen MR) is 90.1 cm³/mol. The Labute approximate surface area is 140 Å². The first-order chi connectivity index (χ1) is 11.5. The number of benzene rings is 2.